The van der Waals surface area contributed by atoms with Crippen LogP contribution in [-0.4, -0.2) is 82.4 Å². The van der Waals surface area contributed by atoms with Gasteiger partial charge in [0.05, 0.1) is 46.4 Å². The second-order valence-corrected chi connectivity index (χ2v) is 18.0. The molecule has 1 N–H and O–H groups in total. The molecular weight excluding hydrogens is 770 g/mol. The number of Topliss-reactive ketones (excluding diaryl/α,β-unsaturated/α-hetero) is 1. The van der Waals surface area contributed by atoms with Gasteiger partial charge in [0, 0.05) is 27.6 Å². The first-order chi connectivity index (χ1) is 29.2. The summed E-state index contributed by atoms with van der Waals surface area (Å²) in [5, 5.41) is 4.19. The lowest BCUT2D eigenvalue weighted by atomic mass is 9.82. The summed E-state index contributed by atoms with van der Waals surface area (Å²) in [7, 11) is -4.04. The third-order valence-electron chi connectivity index (χ3n) is 11.6. The fourth-order valence-electron chi connectivity index (χ4n) is 8.10. The van der Waals surface area contributed by atoms with E-state index in [0.717, 1.165) is 9.58 Å². The first kappa shape index (κ1) is 34.7. The van der Waals surface area contributed by atoms with Crippen molar-refractivity contribution in [1.82, 2.24) is 19.4 Å². The second-order valence-electron chi connectivity index (χ2n) is 16.0. The number of amides is 2. The number of halogens is 3. The average Bonchev–Trinajstić information content (AvgIpc) is 4.10. The van der Waals surface area contributed by atoms with Crippen LogP contribution in [0.2, 0.25) is 0 Å². The van der Waals surface area contributed by atoms with Crippen molar-refractivity contribution < 1.29 is 58.5 Å². The number of nitrogens with zero attached hydrogens (tertiary/aromatic N) is 3. The molecule has 6 rings (SSSR count). The van der Waals surface area contributed by atoms with Gasteiger partial charge in [-0.2, -0.15) is 13.2 Å². The van der Waals surface area contributed by atoms with Crippen LogP contribution in [0.15, 0.2) is 41.2 Å². The predicted octanol–water partition coefficient (Wildman–Crippen LogP) is 5.24. The van der Waals surface area contributed by atoms with E-state index in [-0.39, 0.29) is 49.5 Å². The third kappa shape index (κ3) is 8.92. The highest BCUT2D eigenvalue weighted by Crippen LogP contribution is 2.57. The van der Waals surface area contributed by atoms with Crippen LogP contribution in [0.3, 0.4) is 0 Å². The number of allylic oxidation sites excluding steroid dienone is 2. The monoisotopic (exact) mass is 826 g/mol. The molecule has 0 unspecified atom stereocenters. The number of alkyl halides is 3. The van der Waals surface area contributed by atoms with Crippen molar-refractivity contribution in [3.63, 3.8) is 0 Å². The van der Waals surface area contributed by atoms with Crippen LogP contribution in [-0.2, 0) is 40.5 Å². The predicted molar refractivity (Wildman–Crippen MR) is 202 cm³/mol. The molecule has 0 spiro atoms. The highest BCUT2D eigenvalue weighted by atomic mass is 32.2. The summed E-state index contributed by atoms with van der Waals surface area (Å²) >= 11 is 0. The van der Waals surface area contributed by atoms with Gasteiger partial charge in [0.25, 0.3) is 5.56 Å². The van der Waals surface area contributed by atoms with Crippen LogP contribution in [0.5, 0.6) is 5.88 Å². The summed E-state index contributed by atoms with van der Waals surface area (Å²) in [5.41, 5.74) is -6.87. The summed E-state index contributed by atoms with van der Waals surface area (Å²) in [6.45, 7) is -4.02. The lowest BCUT2D eigenvalue weighted by molar-refractivity contribution is -0.257. The van der Waals surface area contributed by atoms with Gasteiger partial charge in [-0.05, 0) is 89.0 Å². The molecule has 17 heteroatoms. The van der Waals surface area contributed by atoms with E-state index in [0.29, 0.717) is 31.1 Å². The number of rotatable bonds is 9. The molecule has 312 valence electrons. The number of ether oxygens (including phenoxy) is 2. The van der Waals surface area contributed by atoms with Crippen molar-refractivity contribution in [2.75, 3.05) is 6.54 Å². The maximum Gasteiger partial charge on any atom is 0.427 e. The highest BCUT2D eigenvalue weighted by Gasteiger charge is 2.62. The normalized spacial score (nSPS) is 31.4. The van der Waals surface area contributed by atoms with E-state index in [1.54, 1.807) is 50.3 Å². The number of nitrogens with one attached hydrogen (secondary N) is 1. The van der Waals surface area contributed by atoms with Gasteiger partial charge in [0.1, 0.15) is 6.10 Å². The Bertz CT molecular complexity index is 2300. The maximum atomic E-state index is 15.0. The average molecular weight is 827 g/mol. The molecule has 57 heavy (non-hydrogen) atoms. The van der Waals surface area contributed by atoms with Crippen molar-refractivity contribution in [2.24, 2.45) is 29.1 Å². The maximum absolute atomic E-state index is 15.0. The number of carbonyl (C=O) groups excluding carboxylic acids is 4. The number of fused-ring (bicyclic) bond motifs is 3. The second kappa shape index (κ2) is 15.8. The Hall–Kier alpha value is -4.28. The number of sulfonamides is 1. The molecule has 1 aromatic heterocycles. The van der Waals surface area contributed by atoms with Gasteiger partial charge in [-0.15, -0.1) is 5.10 Å². The summed E-state index contributed by atoms with van der Waals surface area (Å²) < 4.78 is 129. The largest absolute Gasteiger partial charge is 0.471 e. The smallest absolute Gasteiger partial charge is 0.427 e. The SMILES string of the molecule is [2H]C([2H])([2H])C(OC(=O)C[C@@H]1C(=O)N2C[C@H](Oc3nn(CC)c(=O)c4ccccc34)C[C@H]2C(=O)C[C@]2(C(=O)NS(=O)(=O)C3CC3)C[C@H]2/C=C\CC[C@@H](C)C[C@H]1C)(C([2H])([2H])[2H])C(F)(F)F. The molecule has 0 bridgehead atoms. The standard InChI is InChI=1S/C40H51F3N4O9S/c1-6-47-36(51)29-14-10-9-13-28(29)34(44-47)55-26-18-31-32(48)21-39(37(52)45-57(53,54)27-15-16-27)20-25(39)12-8-7-11-23(2)17-24(3)30(35(50)46(31)22-26)19-33(49)56-38(4,5)40(41,42)43/h8-10,12-14,23-27,30-31H,6-7,11,15-22H2,1-5H3,(H,45,52)/b12-8-/t23-,24-,25-,26-,30+,31+,39-/m1/s1/i4D3,5D3. The Balaban J connectivity index is 1.40. The molecule has 4 aliphatic rings. The molecule has 2 aromatic rings. The van der Waals surface area contributed by atoms with Crippen LogP contribution >= 0.6 is 0 Å². The number of benzene rings is 1. The number of aromatic nitrogens is 2. The third-order valence-corrected chi connectivity index (χ3v) is 13.4. The lowest BCUT2D eigenvalue weighted by Gasteiger charge is -2.33. The molecule has 7 atom stereocenters. The molecule has 1 saturated heterocycles. The summed E-state index contributed by atoms with van der Waals surface area (Å²) in [6.07, 6.45) is -3.58. The van der Waals surface area contributed by atoms with Crippen LogP contribution in [0.25, 0.3) is 10.8 Å². The van der Waals surface area contributed by atoms with Crippen LogP contribution in [0.1, 0.15) is 100 Å². The van der Waals surface area contributed by atoms with E-state index >= 15 is 0 Å². The van der Waals surface area contributed by atoms with Crippen LogP contribution in [0.4, 0.5) is 13.2 Å². The van der Waals surface area contributed by atoms with Crippen molar-refractivity contribution in [2.45, 2.75) is 128 Å². The zero-order valence-corrected chi connectivity index (χ0v) is 32.7. The van der Waals surface area contributed by atoms with E-state index < -0.39 is 118 Å². The molecule has 0 radical (unpaired) electrons. The molecule has 2 amide bonds. The number of esters is 1. The molecule has 3 heterocycles. The number of ketones is 1. The first-order valence-electron chi connectivity index (χ1n) is 22.2. The van der Waals surface area contributed by atoms with Gasteiger partial charge in [0.2, 0.25) is 33.3 Å². The summed E-state index contributed by atoms with van der Waals surface area (Å²) in [4.78, 5) is 71.4. The van der Waals surface area contributed by atoms with Gasteiger partial charge in [-0.3, -0.25) is 28.7 Å². The lowest BCUT2D eigenvalue weighted by Crippen LogP contribution is -2.48. The highest BCUT2D eigenvalue weighted by molar-refractivity contribution is 7.90. The van der Waals surface area contributed by atoms with E-state index in [2.05, 4.69) is 14.6 Å². The van der Waals surface area contributed by atoms with E-state index in [1.165, 1.54) is 0 Å². The van der Waals surface area contributed by atoms with Crippen molar-refractivity contribution in [3.05, 3.63) is 46.8 Å². The fraction of sp³-hybridized carbons (Fsp3) is 0.650. The number of carbonyl (C=O) groups is 4. The molecule has 2 saturated carbocycles. The van der Waals surface area contributed by atoms with Crippen molar-refractivity contribution in [3.8, 4) is 5.88 Å². The molecule has 13 nitrogen and oxygen atoms in total. The van der Waals surface area contributed by atoms with Crippen molar-refractivity contribution in [1.29, 1.82) is 0 Å². The minimum Gasteiger partial charge on any atom is -0.471 e. The number of hydrogen-bond acceptors (Lipinski definition) is 10. The Morgan fingerprint density at radius 2 is 1.77 bits per heavy atom. The van der Waals surface area contributed by atoms with E-state index in [4.69, 9.17) is 13.0 Å². The number of hydrogen-bond donors (Lipinski definition) is 1. The zero-order valence-electron chi connectivity index (χ0n) is 37.8. The molecule has 2 aliphatic carbocycles. The van der Waals surface area contributed by atoms with Gasteiger partial charge < -0.3 is 14.4 Å². The van der Waals surface area contributed by atoms with Gasteiger partial charge in [-0.1, -0.05) is 38.1 Å². The van der Waals surface area contributed by atoms with E-state index in [9.17, 15) is 45.6 Å². The Kier molecular flexibility index (Phi) is 9.64. The van der Waals surface area contributed by atoms with Gasteiger partial charge in [0.15, 0.2) is 5.78 Å². The topological polar surface area (TPSA) is 171 Å². The summed E-state index contributed by atoms with van der Waals surface area (Å²) in [5.74, 6) is -7.62. The first-order valence-corrected chi connectivity index (χ1v) is 20.7. The van der Waals surface area contributed by atoms with Crippen LogP contribution < -0.4 is 15.0 Å². The minimum absolute atomic E-state index is 0.0200. The van der Waals surface area contributed by atoms with Gasteiger partial charge >= 0.3 is 12.1 Å². The van der Waals surface area contributed by atoms with E-state index in [1.807, 2.05) is 6.92 Å². The van der Waals surface area contributed by atoms with Crippen molar-refractivity contribution >= 4 is 44.4 Å². The van der Waals surface area contributed by atoms with Crippen LogP contribution in [0, 0.1) is 29.1 Å². The van der Waals surface area contributed by atoms with Gasteiger partial charge in [-0.25, -0.2) is 13.1 Å². The minimum atomic E-state index is -6.12. The molecule has 2 aliphatic heterocycles. The zero-order chi connectivity index (χ0) is 46.7. The molecule has 3 fully saturated rings. The Labute approximate surface area is 338 Å². The molecular formula is C40H51F3N4O9S. The Morgan fingerprint density at radius 1 is 1.07 bits per heavy atom. The number of aryl methyl sites for hydroxylation is 1. The summed E-state index contributed by atoms with van der Waals surface area (Å²) in [6, 6.07) is 5.03. The quantitative estimate of drug-likeness (QED) is 0.261. The Morgan fingerprint density at radius 3 is 2.42 bits per heavy atom. The molecule has 1 aromatic carbocycles. The fourth-order valence-corrected chi connectivity index (χ4v) is 9.48.